The number of alkyl halides is 6. The Hall–Kier alpha value is -3.31. The van der Waals surface area contributed by atoms with E-state index in [4.69, 9.17) is 0 Å². The molecule has 3 aromatic rings. The number of nitrogens with one attached hydrogen (secondary N) is 2. The van der Waals surface area contributed by atoms with Crippen LogP contribution in [-0.2, 0) is 17.4 Å². The van der Waals surface area contributed by atoms with Crippen LogP contribution >= 0.6 is 0 Å². The molecule has 1 aliphatic heterocycles. The van der Waals surface area contributed by atoms with Crippen LogP contribution in [0.3, 0.4) is 0 Å². The van der Waals surface area contributed by atoms with Crippen molar-refractivity contribution in [1.29, 1.82) is 0 Å². The van der Waals surface area contributed by atoms with Crippen LogP contribution in [0, 0.1) is 0 Å². The highest BCUT2D eigenvalue weighted by Crippen LogP contribution is 2.36. The number of fused-ring (bicyclic) bond motifs is 1. The Kier molecular flexibility index (Phi) is 5.02. The van der Waals surface area contributed by atoms with Gasteiger partial charge in [0, 0.05) is 18.3 Å². The van der Waals surface area contributed by atoms with E-state index in [9.17, 15) is 31.1 Å². The number of nitrogens with zero attached hydrogens (tertiary/aromatic N) is 3. The van der Waals surface area contributed by atoms with E-state index < -0.39 is 35.9 Å². The van der Waals surface area contributed by atoms with Gasteiger partial charge in [0.1, 0.15) is 11.7 Å². The fourth-order valence-corrected chi connectivity index (χ4v) is 3.50. The van der Waals surface area contributed by atoms with Gasteiger partial charge in [-0.05, 0) is 36.2 Å². The maximum absolute atomic E-state index is 13.1. The van der Waals surface area contributed by atoms with E-state index in [-0.39, 0.29) is 23.1 Å². The molecular weight excluding hydrogens is 428 g/mol. The molecule has 31 heavy (non-hydrogen) atoms. The maximum atomic E-state index is 13.1. The molecule has 1 saturated heterocycles. The molecule has 1 fully saturated rings. The predicted molar refractivity (Wildman–Crippen MR) is 98.2 cm³/mol. The molecule has 0 aliphatic carbocycles. The quantitative estimate of drug-likeness (QED) is 0.602. The minimum atomic E-state index is -4.79. The van der Waals surface area contributed by atoms with Crippen LogP contribution in [0.15, 0.2) is 36.5 Å². The van der Waals surface area contributed by atoms with Gasteiger partial charge < -0.3 is 10.6 Å². The molecule has 1 aromatic carbocycles. The van der Waals surface area contributed by atoms with E-state index in [0.29, 0.717) is 30.6 Å². The largest absolute Gasteiger partial charge is 0.416 e. The van der Waals surface area contributed by atoms with E-state index in [1.165, 1.54) is 4.40 Å². The topological polar surface area (TPSA) is 71.3 Å². The van der Waals surface area contributed by atoms with Gasteiger partial charge in [-0.25, -0.2) is 0 Å². The number of halogens is 6. The Labute approximate surface area is 171 Å². The normalized spacial score (nSPS) is 17.2. The number of carbonyl (C=O) groups is 1. The molecule has 0 bridgehead atoms. The van der Waals surface area contributed by atoms with Crippen LogP contribution in [0.4, 0.5) is 32.3 Å². The van der Waals surface area contributed by atoms with Crippen molar-refractivity contribution < 1.29 is 31.1 Å². The van der Waals surface area contributed by atoms with Gasteiger partial charge in [-0.1, -0.05) is 6.07 Å². The average Bonchev–Trinajstić information content (AvgIpc) is 3.30. The Morgan fingerprint density at radius 2 is 1.90 bits per heavy atom. The molecule has 0 radical (unpaired) electrons. The summed E-state index contributed by atoms with van der Waals surface area (Å²) in [5.41, 5.74) is -1.51. The number of carbonyl (C=O) groups excluding carboxylic acids is 1. The van der Waals surface area contributed by atoms with Crippen LogP contribution in [0.25, 0.3) is 16.8 Å². The Bertz CT molecular complexity index is 1140. The summed E-state index contributed by atoms with van der Waals surface area (Å²) in [5, 5.41) is 13.6. The summed E-state index contributed by atoms with van der Waals surface area (Å²) in [6.07, 6.45) is -8.98. The lowest BCUT2D eigenvalue weighted by atomic mass is 9.98. The smallest absolute Gasteiger partial charge is 0.354 e. The van der Waals surface area contributed by atoms with Crippen LogP contribution in [0.1, 0.15) is 17.5 Å². The molecule has 164 valence electrons. The van der Waals surface area contributed by atoms with E-state index >= 15 is 0 Å². The molecule has 1 aliphatic rings. The van der Waals surface area contributed by atoms with Gasteiger partial charge in [-0.2, -0.15) is 26.3 Å². The van der Waals surface area contributed by atoms with Gasteiger partial charge in [-0.15, -0.1) is 10.2 Å². The van der Waals surface area contributed by atoms with Gasteiger partial charge in [0.25, 0.3) is 0 Å². The number of anilines is 1. The Morgan fingerprint density at radius 3 is 2.55 bits per heavy atom. The average molecular weight is 443 g/mol. The summed E-state index contributed by atoms with van der Waals surface area (Å²) in [5.74, 6) is -0.0310. The maximum Gasteiger partial charge on any atom is 0.416 e. The number of hydrogen-bond acceptors (Lipinski definition) is 4. The number of hydrogen-bond donors (Lipinski definition) is 2. The highest BCUT2D eigenvalue weighted by Gasteiger charge is 2.35. The lowest BCUT2D eigenvalue weighted by molar-refractivity contribution is -0.138. The molecule has 2 N–H and O–H groups in total. The molecule has 2 aromatic heterocycles. The first kappa shape index (κ1) is 20.9. The van der Waals surface area contributed by atoms with Crippen molar-refractivity contribution in [2.24, 2.45) is 0 Å². The Morgan fingerprint density at radius 1 is 1.13 bits per heavy atom. The second-order valence-corrected chi connectivity index (χ2v) is 7.07. The third-order valence-corrected chi connectivity index (χ3v) is 4.89. The van der Waals surface area contributed by atoms with Gasteiger partial charge >= 0.3 is 12.4 Å². The lowest BCUT2D eigenvalue weighted by Gasteiger charge is -2.17. The summed E-state index contributed by atoms with van der Waals surface area (Å²) in [6, 6.07) is 4.77. The summed E-state index contributed by atoms with van der Waals surface area (Å²) in [6.45, 7) is 0.489. The minimum Gasteiger partial charge on any atom is -0.354 e. The van der Waals surface area contributed by atoms with Crippen LogP contribution in [0.2, 0.25) is 0 Å². The van der Waals surface area contributed by atoms with E-state index in [1.54, 1.807) is 18.3 Å². The molecule has 4 rings (SSSR count). The predicted octanol–water partition coefficient (Wildman–Crippen LogP) is 3.82. The zero-order chi connectivity index (χ0) is 22.4. The van der Waals surface area contributed by atoms with E-state index in [2.05, 4.69) is 20.8 Å². The summed E-state index contributed by atoms with van der Waals surface area (Å²) in [4.78, 5) is 11.8. The van der Waals surface area contributed by atoms with Crippen LogP contribution < -0.4 is 10.6 Å². The standard InChI is InChI=1S/C19H15F6N5O/c20-18(21,22)9-10-8-11(19(23,24)25)3-4-12(10)15-14-2-1-7-30(14)17(29-28-15)27-13-5-6-26-16(13)31/h1-4,7-8,13H,5-6,9H2,(H,26,31)(H,27,29). The highest BCUT2D eigenvalue weighted by atomic mass is 19.4. The molecular formula is C19H15F6N5O. The molecule has 0 saturated carbocycles. The van der Waals surface area contributed by atoms with Crippen molar-refractivity contribution in [2.45, 2.75) is 31.2 Å². The summed E-state index contributed by atoms with van der Waals surface area (Å²) < 4.78 is 79.9. The molecule has 12 heteroatoms. The lowest BCUT2D eigenvalue weighted by Crippen LogP contribution is -2.30. The first-order valence-corrected chi connectivity index (χ1v) is 9.18. The number of rotatable bonds is 4. The zero-order valence-corrected chi connectivity index (χ0v) is 15.7. The molecule has 1 unspecified atom stereocenters. The van der Waals surface area contributed by atoms with E-state index in [0.717, 1.165) is 6.07 Å². The third kappa shape index (κ3) is 4.28. The Balaban J connectivity index is 1.80. The molecule has 1 amide bonds. The second-order valence-electron chi connectivity index (χ2n) is 7.07. The fourth-order valence-electron chi connectivity index (χ4n) is 3.50. The summed E-state index contributed by atoms with van der Waals surface area (Å²) in [7, 11) is 0. The molecule has 3 heterocycles. The second kappa shape index (κ2) is 7.43. The van der Waals surface area contributed by atoms with Gasteiger partial charge in [0.05, 0.1) is 17.5 Å². The molecule has 6 nitrogen and oxygen atoms in total. The fraction of sp³-hybridized carbons (Fsp3) is 0.316. The first-order chi connectivity index (χ1) is 14.5. The zero-order valence-electron chi connectivity index (χ0n) is 15.7. The van der Waals surface area contributed by atoms with Crippen LogP contribution in [-0.4, -0.2) is 39.3 Å². The van der Waals surface area contributed by atoms with Crippen LogP contribution in [0.5, 0.6) is 0 Å². The minimum absolute atomic E-state index is 0.000557. The van der Waals surface area contributed by atoms with Crippen molar-refractivity contribution in [3.63, 3.8) is 0 Å². The van der Waals surface area contributed by atoms with Crippen molar-refractivity contribution in [3.8, 4) is 11.3 Å². The number of benzene rings is 1. The number of amides is 1. The van der Waals surface area contributed by atoms with Crippen molar-refractivity contribution in [1.82, 2.24) is 19.9 Å². The van der Waals surface area contributed by atoms with Gasteiger partial charge in [0.2, 0.25) is 11.9 Å². The summed E-state index contributed by atoms with van der Waals surface area (Å²) >= 11 is 0. The molecule has 1 atom stereocenters. The van der Waals surface area contributed by atoms with Gasteiger partial charge in [-0.3, -0.25) is 9.20 Å². The van der Waals surface area contributed by atoms with E-state index in [1.807, 2.05) is 0 Å². The third-order valence-electron chi connectivity index (χ3n) is 4.89. The highest BCUT2D eigenvalue weighted by molar-refractivity contribution is 5.86. The van der Waals surface area contributed by atoms with Crippen molar-refractivity contribution in [2.75, 3.05) is 11.9 Å². The van der Waals surface area contributed by atoms with Crippen molar-refractivity contribution >= 4 is 17.4 Å². The van der Waals surface area contributed by atoms with Gasteiger partial charge in [0.15, 0.2) is 0 Å². The first-order valence-electron chi connectivity index (χ1n) is 9.18. The monoisotopic (exact) mass is 443 g/mol. The number of aromatic nitrogens is 3. The molecule has 0 spiro atoms. The SMILES string of the molecule is O=C1NCCC1Nc1nnc(-c2ccc(C(F)(F)F)cc2CC(F)(F)F)c2cccn12. The van der Waals surface area contributed by atoms with Crippen molar-refractivity contribution in [3.05, 3.63) is 47.7 Å².